The minimum Gasteiger partial charge on any atom is -0.373 e. The van der Waals surface area contributed by atoms with Gasteiger partial charge < -0.3 is 15.1 Å². The zero-order valence-corrected chi connectivity index (χ0v) is 15.6. The van der Waals surface area contributed by atoms with Crippen LogP contribution in [0.3, 0.4) is 0 Å². The summed E-state index contributed by atoms with van der Waals surface area (Å²) < 4.78 is 13.1. The van der Waals surface area contributed by atoms with Gasteiger partial charge in [-0.1, -0.05) is 30.3 Å². The Balaban J connectivity index is 1.49. The standard InChI is InChI=1S/C22H23FN4O/c23-20-6-8-21(9-7-20)27-14-12-26(13-15-27)17-19(16-24)22(28)25-11-10-18-4-2-1-3-5-18/h1-9,17H,10-15H2,(H,25,28). The second-order valence-corrected chi connectivity index (χ2v) is 6.65. The summed E-state index contributed by atoms with van der Waals surface area (Å²) in [5.41, 5.74) is 2.23. The molecule has 144 valence electrons. The summed E-state index contributed by atoms with van der Waals surface area (Å²) >= 11 is 0. The van der Waals surface area contributed by atoms with Crippen molar-refractivity contribution in [2.45, 2.75) is 6.42 Å². The van der Waals surface area contributed by atoms with Gasteiger partial charge in [-0.05, 0) is 36.2 Å². The number of halogens is 1. The Labute approximate surface area is 164 Å². The van der Waals surface area contributed by atoms with Crippen LogP contribution in [0.5, 0.6) is 0 Å². The molecule has 1 N–H and O–H groups in total. The van der Waals surface area contributed by atoms with E-state index in [4.69, 9.17) is 0 Å². The number of nitriles is 1. The van der Waals surface area contributed by atoms with Gasteiger partial charge in [-0.25, -0.2) is 4.39 Å². The largest absolute Gasteiger partial charge is 0.373 e. The fourth-order valence-corrected chi connectivity index (χ4v) is 3.14. The van der Waals surface area contributed by atoms with Crippen LogP contribution in [0.2, 0.25) is 0 Å². The molecule has 0 spiro atoms. The van der Waals surface area contributed by atoms with E-state index < -0.39 is 0 Å². The van der Waals surface area contributed by atoms with E-state index in [1.807, 2.05) is 41.3 Å². The summed E-state index contributed by atoms with van der Waals surface area (Å²) in [7, 11) is 0. The smallest absolute Gasteiger partial charge is 0.263 e. The van der Waals surface area contributed by atoms with Crippen molar-refractivity contribution in [3.8, 4) is 6.07 Å². The molecule has 5 nitrogen and oxygen atoms in total. The molecule has 1 heterocycles. The highest BCUT2D eigenvalue weighted by molar-refractivity contribution is 5.97. The average molecular weight is 378 g/mol. The van der Waals surface area contributed by atoms with Crippen molar-refractivity contribution < 1.29 is 9.18 Å². The molecule has 0 aromatic heterocycles. The number of rotatable bonds is 6. The van der Waals surface area contributed by atoms with Crippen LogP contribution in [0.4, 0.5) is 10.1 Å². The molecule has 1 aliphatic heterocycles. The van der Waals surface area contributed by atoms with Crippen LogP contribution in [0.25, 0.3) is 0 Å². The first-order valence-corrected chi connectivity index (χ1v) is 9.34. The molecule has 28 heavy (non-hydrogen) atoms. The van der Waals surface area contributed by atoms with E-state index in [9.17, 15) is 14.4 Å². The minimum absolute atomic E-state index is 0.114. The molecule has 0 aliphatic carbocycles. The maximum atomic E-state index is 13.1. The monoisotopic (exact) mass is 378 g/mol. The van der Waals surface area contributed by atoms with Crippen LogP contribution < -0.4 is 10.2 Å². The number of piperazine rings is 1. The highest BCUT2D eigenvalue weighted by atomic mass is 19.1. The molecule has 1 fully saturated rings. The Morgan fingerprint density at radius 3 is 2.39 bits per heavy atom. The van der Waals surface area contributed by atoms with Crippen molar-refractivity contribution in [2.24, 2.45) is 0 Å². The van der Waals surface area contributed by atoms with Crippen LogP contribution in [-0.2, 0) is 11.2 Å². The zero-order chi connectivity index (χ0) is 19.8. The molecule has 6 heteroatoms. The number of nitrogens with one attached hydrogen (secondary N) is 1. The van der Waals surface area contributed by atoms with Gasteiger partial charge in [0.15, 0.2) is 0 Å². The van der Waals surface area contributed by atoms with Gasteiger partial charge >= 0.3 is 0 Å². The lowest BCUT2D eigenvalue weighted by molar-refractivity contribution is -0.117. The van der Waals surface area contributed by atoms with Crippen LogP contribution in [0, 0.1) is 17.1 Å². The average Bonchev–Trinajstić information content (AvgIpc) is 2.74. The Morgan fingerprint density at radius 1 is 1.07 bits per heavy atom. The quantitative estimate of drug-likeness (QED) is 0.620. The number of amides is 1. The van der Waals surface area contributed by atoms with Gasteiger partial charge in [-0.2, -0.15) is 5.26 Å². The Kier molecular flexibility index (Phi) is 6.64. The highest BCUT2D eigenvalue weighted by Crippen LogP contribution is 2.17. The third-order valence-corrected chi connectivity index (χ3v) is 4.72. The van der Waals surface area contributed by atoms with E-state index in [0.717, 1.165) is 30.8 Å². The lowest BCUT2D eigenvalue weighted by atomic mass is 10.1. The van der Waals surface area contributed by atoms with Gasteiger partial charge in [-0.15, -0.1) is 0 Å². The summed E-state index contributed by atoms with van der Waals surface area (Å²) in [6.45, 7) is 3.37. The first kappa shape index (κ1) is 19.4. The van der Waals surface area contributed by atoms with E-state index >= 15 is 0 Å². The Bertz CT molecular complexity index is 850. The third-order valence-electron chi connectivity index (χ3n) is 4.72. The summed E-state index contributed by atoms with van der Waals surface area (Å²) in [4.78, 5) is 16.4. The molecule has 0 saturated carbocycles. The van der Waals surface area contributed by atoms with Crippen molar-refractivity contribution in [1.29, 1.82) is 5.26 Å². The Morgan fingerprint density at radius 2 is 1.75 bits per heavy atom. The molecule has 3 rings (SSSR count). The molecule has 0 atom stereocenters. The van der Waals surface area contributed by atoms with Crippen LogP contribution in [0.15, 0.2) is 66.4 Å². The third kappa shape index (κ3) is 5.34. The second-order valence-electron chi connectivity index (χ2n) is 6.65. The molecule has 1 saturated heterocycles. The summed E-state index contributed by atoms with van der Waals surface area (Å²) in [5.74, 6) is -0.596. The number of carbonyl (C=O) groups is 1. The molecule has 0 radical (unpaired) electrons. The number of hydrogen-bond donors (Lipinski definition) is 1. The fourth-order valence-electron chi connectivity index (χ4n) is 3.14. The topological polar surface area (TPSA) is 59.4 Å². The van der Waals surface area contributed by atoms with E-state index in [1.165, 1.54) is 12.1 Å². The normalized spacial score (nSPS) is 14.5. The minimum atomic E-state index is -0.348. The molecule has 2 aromatic carbocycles. The van der Waals surface area contributed by atoms with Crippen molar-refractivity contribution in [1.82, 2.24) is 10.2 Å². The number of nitrogens with zero attached hydrogens (tertiary/aromatic N) is 3. The molecule has 1 amide bonds. The second kappa shape index (κ2) is 9.56. The van der Waals surface area contributed by atoms with Crippen LogP contribution in [0.1, 0.15) is 5.56 Å². The molecule has 1 aliphatic rings. The van der Waals surface area contributed by atoms with Gasteiger partial charge in [0.05, 0.1) is 0 Å². The maximum absolute atomic E-state index is 13.1. The summed E-state index contributed by atoms with van der Waals surface area (Å²) in [6.07, 6.45) is 2.36. The number of carbonyl (C=O) groups excluding carboxylic acids is 1. The lowest BCUT2D eigenvalue weighted by Crippen LogP contribution is -2.44. The van der Waals surface area contributed by atoms with Gasteiger partial charge in [-0.3, -0.25) is 4.79 Å². The number of anilines is 1. The van der Waals surface area contributed by atoms with E-state index in [-0.39, 0.29) is 17.3 Å². The van der Waals surface area contributed by atoms with E-state index in [1.54, 1.807) is 18.3 Å². The fraction of sp³-hybridized carbons (Fsp3) is 0.273. The molecule has 0 bridgehead atoms. The predicted octanol–water partition coefficient (Wildman–Crippen LogP) is 2.71. The van der Waals surface area contributed by atoms with Gasteiger partial charge in [0, 0.05) is 44.6 Å². The molecule has 0 unspecified atom stereocenters. The van der Waals surface area contributed by atoms with E-state index in [0.29, 0.717) is 19.6 Å². The number of benzene rings is 2. The SMILES string of the molecule is N#CC(=CN1CCN(c2ccc(F)cc2)CC1)C(=O)NCCc1ccccc1. The van der Waals surface area contributed by atoms with Gasteiger partial charge in [0.2, 0.25) is 0 Å². The van der Waals surface area contributed by atoms with Gasteiger partial charge in [0.25, 0.3) is 5.91 Å². The number of hydrogen-bond acceptors (Lipinski definition) is 4. The molecular formula is C22H23FN4O. The summed E-state index contributed by atoms with van der Waals surface area (Å²) in [6, 6.07) is 18.3. The first-order chi connectivity index (χ1) is 13.7. The zero-order valence-electron chi connectivity index (χ0n) is 15.6. The van der Waals surface area contributed by atoms with Crippen molar-refractivity contribution in [3.63, 3.8) is 0 Å². The summed E-state index contributed by atoms with van der Waals surface area (Å²) in [5, 5.41) is 12.2. The molecular weight excluding hydrogens is 355 g/mol. The van der Waals surface area contributed by atoms with Crippen molar-refractivity contribution in [2.75, 3.05) is 37.6 Å². The van der Waals surface area contributed by atoms with Crippen LogP contribution in [-0.4, -0.2) is 43.5 Å². The van der Waals surface area contributed by atoms with Crippen molar-refractivity contribution >= 4 is 11.6 Å². The van der Waals surface area contributed by atoms with E-state index in [2.05, 4.69) is 10.2 Å². The first-order valence-electron chi connectivity index (χ1n) is 9.34. The van der Waals surface area contributed by atoms with Crippen LogP contribution >= 0.6 is 0 Å². The predicted molar refractivity (Wildman–Crippen MR) is 107 cm³/mol. The Hall–Kier alpha value is -3.33. The maximum Gasteiger partial charge on any atom is 0.263 e. The van der Waals surface area contributed by atoms with Crippen molar-refractivity contribution in [3.05, 3.63) is 77.8 Å². The lowest BCUT2D eigenvalue weighted by Gasteiger charge is -2.35. The molecule has 2 aromatic rings. The van der Waals surface area contributed by atoms with Gasteiger partial charge in [0.1, 0.15) is 17.5 Å². The highest BCUT2D eigenvalue weighted by Gasteiger charge is 2.17.